The normalized spacial score (nSPS) is 26.9. The molecule has 4 aliphatic rings. The lowest BCUT2D eigenvalue weighted by molar-refractivity contribution is 0.290. The van der Waals surface area contributed by atoms with Gasteiger partial charge >= 0.3 is 0 Å². The van der Waals surface area contributed by atoms with Crippen LogP contribution in [0.15, 0.2) is 48.8 Å². The van der Waals surface area contributed by atoms with Crippen LogP contribution in [0.1, 0.15) is 104 Å². The van der Waals surface area contributed by atoms with Crippen LogP contribution in [0.2, 0.25) is 0 Å². The first-order chi connectivity index (χ1) is 21.0. The van der Waals surface area contributed by atoms with Gasteiger partial charge in [0.25, 0.3) is 0 Å². The second-order valence-electron chi connectivity index (χ2n) is 13.3. The molecule has 4 aromatic rings. The van der Waals surface area contributed by atoms with Crippen molar-refractivity contribution in [2.75, 3.05) is 27.2 Å². The number of imidazole rings is 2. The van der Waals surface area contributed by atoms with Crippen LogP contribution >= 0.6 is 0 Å². The van der Waals surface area contributed by atoms with Gasteiger partial charge in [-0.05, 0) is 111 Å². The molecule has 8 rings (SSSR count). The fourth-order valence-corrected chi connectivity index (χ4v) is 8.13. The lowest BCUT2D eigenvalue weighted by Crippen LogP contribution is -2.27. The number of benzene rings is 2. The molecule has 0 saturated carbocycles. The van der Waals surface area contributed by atoms with Crippen molar-refractivity contribution in [3.63, 3.8) is 0 Å². The molecule has 0 amide bonds. The molecule has 2 aromatic carbocycles. The first-order valence-electron chi connectivity index (χ1n) is 16.1. The summed E-state index contributed by atoms with van der Waals surface area (Å²) >= 11 is 0. The number of fused-ring (bicyclic) bond motifs is 5. The van der Waals surface area contributed by atoms with E-state index >= 15 is 0 Å². The van der Waals surface area contributed by atoms with Crippen molar-refractivity contribution in [1.82, 2.24) is 35.1 Å². The molecule has 0 spiro atoms. The number of nitrogens with one attached hydrogen (secondary N) is 3. The second kappa shape index (κ2) is 10.8. The quantitative estimate of drug-likeness (QED) is 0.243. The summed E-state index contributed by atoms with van der Waals surface area (Å²) in [7, 11) is 4.37. The van der Waals surface area contributed by atoms with Gasteiger partial charge in [0.15, 0.2) is 0 Å². The van der Waals surface area contributed by atoms with E-state index in [4.69, 9.17) is 4.98 Å². The summed E-state index contributed by atoms with van der Waals surface area (Å²) < 4.78 is 0. The molecule has 5 atom stereocenters. The summed E-state index contributed by atoms with van der Waals surface area (Å²) in [6.45, 7) is 4.66. The van der Waals surface area contributed by atoms with E-state index in [2.05, 4.69) is 99.3 Å². The van der Waals surface area contributed by atoms with E-state index in [0.29, 0.717) is 30.1 Å². The molecular weight excluding hydrogens is 530 g/mol. The molecule has 4 unspecified atom stereocenters. The fraction of sp³-hybridized carbons (Fsp3) is 0.444. The Labute approximate surface area is 254 Å². The minimum Gasteiger partial charge on any atom is -0.341 e. The zero-order valence-corrected chi connectivity index (χ0v) is 25.5. The van der Waals surface area contributed by atoms with E-state index in [1.54, 1.807) is 0 Å². The smallest absolute Gasteiger partial charge is 0.124 e. The number of aromatic amines is 2. The topological polar surface area (TPSA) is 75.9 Å². The lowest BCUT2D eigenvalue weighted by Gasteiger charge is -2.27. The van der Waals surface area contributed by atoms with Crippen molar-refractivity contribution in [2.24, 2.45) is 5.92 Å². The van der Waals surface area contributed by atoms with Crippen LogP contribution in [0, 0.1) is 17.8 Å². The second-order valence-corrected chi connectivity index (χ2v) is 13.3. The van der Waals surface area contributed by atoms with Crippen molar-refractivity contribution < 1.29 is 0 Å². The number of rotatable bonds is 4. The van der Waals surface area contributed by atoms with Gasteiger partial charge in [-0.2, -0.15) is 0 Å². The largest absolute Gasteiger partial charge is 0.341 e. The molecule has 3 fully saturated rings. The molecule has 4 aliphatic heterocycles. The number of H-pyrrole nitrogens is 2. The Kier molecular flexibility index (Phi) is 6.74. The van der Waals surface area contributed by atoms with Gasteiger partial charge in [-0.25, -0.2) is 9.97 Å². The van der Waals surface area contributed by atoms with Gasteiger partial charge in [-0.3, -0.25) is 9.80 Å². The van der Waals surface area contributed by atoms with Gasteiger partial charge in [-0.1, -0.05) is 43.2 Å². The minimum atomic E-state index is 0.355. The average molecular weight is 572 g/mol. The number of aromatic nitrogens is 4. The van der Waals surface area contributed by atoms with Crippen molar-refractivity contribution in [3.8, 4) is 34.2 Å². The van der Waals surface area contributed by atoms with Crippen molar-refractivity contribution >= 4 is 0 Å². The highest BCUT2D eigenvalue weighted by atomic mass is 15.2. The van der Waals surface area contributed by atoms with E-state index in [1.807, 2.05) is 12.4 Å². The third-order valence-corrected chi connectivity index (χ3v) is 10.4. The van der Waals surface area contributed by atoms with Crippen molar-refractivity contribution in [3.05, 3.63) is 82.8 Å². The van der Waals surface area contributed by atoms with Crippen LogP contribution < -0.4 is 5.32 Å². The molecule has 220 valence electrons. The Morgan fingerprint density at radius 3 is 2.09 bits per heavy atom. The van der Waals surface area contributed by atoms with E-state index in [1.165, 1.54) is 47.1 Å². The number of hydrogen-bond donors (Lipinski definition) is 3. The van der Waals surface area contributed by atoms with Gasteiger partial charge in [0.05, 0.1) is 30.2 Å². The van der Waals surface area contributed by atoms with E-state index in [-0.39, 0.29) is 0 Å². The Morgan fingerprint density at radius 1 is 0.744 bits per heavy atom. The Bertz CT molecular complexity index is 1700. The zero-order valence-electron chi connectivity index (χ0n) is 25.5. The van der Waals surface area contributed by atoms with Crippen LogP contribution in [0.5, 0.6) is 0 Å². The summed E-state index contributed by atoms with van der Waals surface area (Å²) in [6.07, 6.45) is 11.0. The number of likely N-dealkylation sites (tertiary alicyclic amines) is 2. The highest BCUT2D eigenvalue weighted by Crippen LogP contribution is 2.50. The Balaban J connectivity index is 1.10. The summed E-state index contributed by atoms with van der Waals surface area (Å²) in [4.78, 5) is 21.3. The van der Waals surface area contributed by atoms with E-state index in [0.717, 1.165) is 61.0 Å². The molecule has 6 heterocycles. The molecule has 43 heavy (non-hydrogen) atoms. The summed E-state index contributed by atoms with van der Waals surface area (Å²) in [5, 5.41) is 3.94. The molecule has 7 nitrogen and oxygen atoms in total. The predicted octanol–water partition coefficient (Wildman–Crippen LogP) is 6.52. The molecule has 0 radical (unpaired) electrons. The Morgan fingerprint density at radius 2 is 1.40 bits per heavy atom. The van der Waals surface area contributed by atoms with Gasteiger partial charge in [0, 0.05) is 17.6 Å². The zero-order chi connectivity index (χ0) is 29.1. The number of hydrogen-bond acceptors (Lipinski definition) is 5. The van der Waals surface area contributed by atoms with Crippen molar-refractivity contribution in [1.29, 1.82) is 0 Å². The maximum Gasteiger partial charge on any atom is 0.124 e. The summed E-state index contributed by atoms with van der Waals surface area (Å²) in [5.74, 6) is 9.78. The number of nitrogens with zero attached hydrogens (tertiary/aromatic N) is 4. The van der Waals surface area contributed by atoms with Crippen molar-refractivity contribution in [2.45, 2.75) is 69.6 Å². The maximum absolute atomic E-state index is 4.74. The number of piperidine rings is 1. The van der Waals surface area contributed by atoms with Gasteiger partial charge < -0.3 is 15.3 Å². The van der Waals surface area contributed by atoms with Crippen LogP contribution in [0.4, 0.5) is 0 Å². The third kappa shape index (κ3) is 4.82. The third-order valence-electron chi connectivity index (χ3n) is 10.4. The average Bonchev–Trinajstić information content (AvgIpc) is 3.85. The molecule has 7 heteroatoms. The standard InChI is InChI=1S/C36H41N7/c1-22-18-28-33-25(12-14-26-20-37-35(39-26)31-6-4-16-42(31)2)13-15-27(34(33)29(19-22)40-28)23-8-10-24(11-9-23)30-21-38-36(41-30)32-7-5-17-43(32)3/h8-11,13,15,20-22,28-29,31-32,40H,4-7,16-19H2,1-3H3,(H,37,39)(H,38,41)/t22?,28?,29?,31?,32-/m0/s1. The molecule has 3 N–H and O–H groups in total. The van der Waals surface area contributed by atoms with E-state index < -0.39 is 0 Å². The highest BCUT2D eigenvalue weighted by Gasteiger charge is 2.39. The van der Waals surface area contributed by atoms with Crippen LogP contribution in [-0.4, -0.2) is 56.9 Å². The summed E-state index contributed by atoms with van der Waals surface area (Å²) in [6, 6.07) is 15.1. The van der Waals surface area contributed by atoms with Crippen LogP contribution in [0.3, 0.4) is 0 Å². The molecular formula is C36H41N7. The highest BCUT2D eigenvalue weighted by molar-refractivity contribution is 5.75. The fourth-order valence-electron chi connectivity index (χ4n) is 8.13. The van der Waals surface area contributed by atoms with Gasteiger partial charge in [-0.15, -0.1) is 0 Å². The molecule has 3 saturated heterocycles. The lowest BCUT2D eigenvalue weighted by atomic mass is 9.89. The predicted molar refractivity (Wildman–Crippen MR) is 170 cm³/mol. The first-order valence-corrected chi connectivity index (χ1v) is 16.1. The summed E-state index contributed by atoms with van der Waals surface area (Å²) in [5.41, 5.74) is 9.73. The van der Waals surface area contributed by atoms with Crippen LogP contribution in [0.25, 0.3) is 22.4 Å². The first kappa shape index (κ1) is 26.9. The monoisotopic (exact) mass is 571 g/mol. The van der Waals surface area contributed by atoms with Gasteiger partial charge in [0.2, 0.25) is 0 Å². The van der Waals surface area contributed by atoms with Gasteiger partial charge in [0.1, 0.15) is 17.3 Å². The molecule has 2 aromatic heterocycles. The van der Waals surface area contributed by atoms with E-state index in [9.17, 15) is 0 Å². The molecule has 0 aliphatic carbocycles. The Hall–Kier alpha value is -3.70. The van der Waals surface area contributed by atoms with Crippen LogP contribution in [-0.2, 0) is 0 Å². The SMILES string of the molecule is CC1CC2NC(C1)c1c(-c3ccc(-c4cnc([C@@H]5CCCN5C)[nH]4)cc3)ccc(C#Cc3cnc(C4CCCN4C)[nH]3)c12. The maximum atomic E-state index is 4.74. The molecule has 2 bridgehead atoms. The minimum absolute atomic E-state index is 0.355.